The van der Waals surface area contributed by atoms with E-state index >= 15 is 0 Å². The highest BCUT2D eigenvalue weighted by Gasteiger charge is 2.32. The Bertz CT molecular complexity index is 663. The van der Waals surface area contributed by atoms with Crippen LogP contribution >= 0.6 is 0 Å². The van der Waals surface area contributed by atoms with Crippen molar-refractivity contribution in [2.24, 2.45) is 5.92 Å². The fourth-order valence-electron chi connectivity index (χ4n) is 1.84. The van der Waals surface area contributed by atoms with E-state index in [1.165, 1.54) is 0 Å². The molecule has 5 nitrogen and oxygen atoms in total. The number of rotatable bonds is 6. The summed E-state index contributed by atoms with van der Waals surface area (Å²) in [6.45, 7) is 4.94. The summed E-state index contributed by atoms with van der Waals surface area (Å²) in [5.41, 5.74) is 1.47. The molecule has 124 valence electrons. The van der Waals surface area contributed by atoms with E-state index in [1.54, 1.807) is 24.3 Å². The van der Waals surface area contributed by atoms with Gasteiger partial charge < -0.3 is 9.84 Å². The standard InChI is InChI=1S/C16H19F2N3O2/c1-4-10(2)14(22)19-9-11-5-7-12(8-6-11)13-20-15(23-21-13)16(3,17)18/h5-8,10H,4,9H2,1-3H3,(H,19,22). The molecule has 1 atom stereocenters. The summed E-state index contributed by atoms with van der Waals surface area (Å²) in [6, 6.07) is 6.97. The first-order valence-corrected chi connectivity index (χ1v) is 7.40. The van der Waals surface area contributed by atoms with Gasteiger partial charge in [-0.05, 0) is 12.0 Å². The molecule has 1 heterocycles. The fraction of sp³-hybridized carbons (Fsp3) is 0.438. The first-order chi connectivity index (χ1) is 10.8. The van der Waals surface area contributed by atoms with Crippen molar-refractivity contribution in [2.45, 2.75) is 39.7 Å². The molecule has 0 spiro atoms. The number of halogens is 2. The summed E-state index contributed by atoms with van der Waals surface area (Å²) in [6.07, 6.45) is 0.785. The largest absolute Gasteiger partial charge is 0.352 e. The molecule has 1 N–H and O–H groups in total. The molecule has 0 saturated carbocycles. The summed E-state index contributed by atoms with van der Waals surface area (Å²) in [5, 5.41) is 6.40. The predicted octanol–water partition coefficient (Wildman–Crippen LogP) is 3.51. The zero-order chi connectivity index (χ0) is 17.0. The number of aromatic nitrogens is 2. The molecule has 0 saturated heterocycles. The van der Waals surface area contributed by atoms with Gasteiger partial charge in [-0.2, -0.15) is 13.8 Å². The second-order valence-corrected chi connectivity index (χ2v) is 5.54. The number of carbonyl (C=O) groups is 1. The maximum absolute atomic E-state index is 13.1. The molecular formula is C16H19F2N3O2. The molecule has 1 aromatic heterocycles. The minimum Gasteiger partial charge on any atom is -0.352 e. The smallest absolute Gasteiger partial charge is 0.322 e. The third-order valence-electron chi connectivity index (χ3n) is 3.54. The van der Waals surface area contributed by atoms with Crippen LogP contribution in [0.1, 0.15) is 38.6 Å². The number of amides is 1. The van der Waals surface area contributed by atoms with E-state index in [9.17, 15) is 13.6 Å². The fourth-order valence-corrected chi connectivity index (χ4v) is 1.84. The Labute approximate surface area is 133 Å². The number of nitrogens with one attached hydrogen (secondary N) is 1. The summed E-state index contributed by atoms with van der Waals surface area (Å²) in [4.78, 5) is 15.4. The highest BCUT2D eigenvalue weighted by molar-refractivity contribution is 5.78. The van der Waals surface area contributed by atoms with Gasteiger partial charge in [-0.15, -0.1) is 0 Å². The zero-order valence-electron chi connectivity index (χ0n) is 13.3. The van der Waals surface area contributed by atoms with Gasteiger partial charge in [0.1, 0.15) is 0 Å². The Kier molecular flexibility index (Phi) is 5.08. The summed E-state index contributed by atoms with van der Waals surface area (Å²) < 4.78 is 30.7. The van der Waals surface area contributed by atoms with E-state index in [4.69, 9.17) is 0 Å². The molecule has 0 aliphatic heterocycles. The topological polar surface area (TPSA) is 68.0 Å². The molecule has 7 heteroatoms. The molecule has 0 aliphatic rings. The van der Waals surface area contributed by atoms with Crippen molar-refractivity contribution in [2.75, 3.05) is 0 Å². The van der Waals surface area contributed by atoms with Gasteiger partial charge in [0.05, 0.1) is 0 Å². The van der Waals surface area contributed by atoms with Crippen LogP contribution in [-0.4, -0.2) is 16.0 Å². The van der Waals surface area contributed by atoms with Crippen molar-refractivity contribution in [3.8, 4) is 11.4 Å². The molecule has 23 heavy (non-hydrogen) atoms. The summed E-state index contributed by atoms with van der Waals surface area (Å²) in [7, 11) is 0. The molecule has 1 aromatic carbocycles. The molecule has 2 aromatic rings. The van der Waals surface area contributed by atoms with Crippen molar-refractivity contribution >= 4 is 5.91 Å². The molecule has 0 bridgehead atoms. The highest BCUT2D eigenvalue weighted by atomic mass is 19.3. The molecule has 1 unspecified atom stereocenters. The average Bonchev–Trinajstić information content (AvgIpc) is 3.02. The minimum absolute atomic E-state index is 0.00423. The summed E-state index contributed by atoms with van der Waals surface area (Å²) in [5.74, 6) is -3.78. The van der Waals surface area contributed by atoms with Crippen LogP contribution in [0, 0.1) is 5.92 Å². The number of alkyl halides is 2. The lowest BCUT2D eigenvalue weighted by molar-refractivity contribution is -0.124. The second kappa shape index (κ2) is 6.85. The van der Waals surface area contributed by atoms with Gasteiger partial charge in [0.15, 0.2) is 0 Å². The SMILES string of the molecule is CCC(C)C(=O)NCc1ccc(-c2noc(C(C)(F)F)n2)cc1. The van der Waals surface area contributed by atoms with Crippen molar-refractivity contribution in [1.29, 1.82) is 0 Å². The van der Waals surface area contributed by atoms with Crippen LogP contribution in [0.5, 0.6) is 0 Å². The first kappa shape index (κ1) is 17.1. The third kappa shape index (κ3) is 4.34. The number of hydrogen-bond donors (Lipinski definition) is 1. The van der Waals surface area contributed by atoms with Crippen LogP contribution in [0.3, 0.4) is 0 Å². The van der Waals surface area contributed by atoms with Gasteiger partial charge in [-0.1, -0.05) is 43.3 Å². The van der Waals surface area contributed by atoms with Crippen molar-refractivity contribution in [3.63, 3.8) is 0 Å². The van der Waals surface area contributed by atoms with E-state index < -0.39 is 11.8 Å². The van der Waals surface area contributed by atoms with Gasteiger partial charge >= 0.3 is 5.92 Å². The number of carbonyl (C=O) groups excluding carboxylic acids is 1. The Balaban J connectivity index is 2.02. The lowest BCUT2D eigenvalue weighted by Gasteiger charge is -2.10. The van der Waals surface area contributed by atoms with Gasteiger partial charge in [0, 0.05) is 24.9 Å². The monoisotopic (exact) mass is 323 g/mol. The molecule has 0 fully saturated rings. The molecule has 0 radical (unpaired) electrons. The second-order valence-electron chi connectivity index (χ2n) is 5.54. The predicted molar refractivity (Wildman–Crippen MR) is 80.6 cm³/mol. The van der Waals surface area contributed by atoms with E-state index in [1.807, 2.05) is 13.8 Å². The Hall–Kier alpha value is -2.31. The number of hydrogen-bond acceptors (Lipinski definition) is 4. The van der Waals surface area contributed by atoms with E-state index in [0.29, 0.717) is 19.0 Å². The number of benzene rings is 1. The lowest BCUT2D eigenvalue weighted by atomic mass is 10.1. The van der Waals surface area contributed by atoms with Crippen molar-refractivity contribution < 1.29 is 18.1 Å². The quantitative estimate of drug-likeness (QED) is 0.883. The molecule has 2 rings (SSSR count). The third-order valence-corrected chi connectivity index (χ3v) is 3.54. The number of nitrogens with zero attached hydrogens (tertiary/aromatic N) is 2. The van der Waals surface area contributed by atoms with Crippen LogP contribution in [0.25, 0.3) is 11.4 Å². The lowest BCUT2D eigenvalue weighted by Crippen LogP contribution is -2.28. The van der Waals surface area contributed by atoms with E-state index in [-0.39, 0.29) is 17.6 Å². The van der Waals surface area contributed by atoms with E-state index in [2.05, 4.69) is 20.0 Å². The maximum atomic E-state index is 13.1. The Morgan fingerprint density at radius 1 is 1.35 bits per heavy atom. The summed E-state index contributed by atoms with van der Waals surface area (Å²) >= 11 is 0. The van der Waals surface area contributed by atoms with E-state index in [0.717, 1.165) is 12.0 Å². The van der Waals surface area contributed by atoms with Crippen LogP contribution in [0.15, 0.2) is 28.8 Å². The van der Waals surface area contributed by atoms with Crippen LogP contribution in [-0.2, 0) is 17.3 Å². The van der Waals surface area contributed by atoms with Crippen LogP contribution in [0.4, 0.5) is 8.78 Å². The molecule has 0 aliphatic carbocycles. The normalized spacial score (nSPS) is 12.9. The Morgan fingerprint density at radius 3 is 2.52 bits per heavy atom. The average molecular weight is 323 g/mol. The molecule has 1 amide bonds. The molecular weight excluding hydrogens is 304 g/mol. The van der Waals surface area contributed by atoms with Gasteiger partial charge in [0.25, 0.3) is 5.89 Å². The van der Waals surface area contributed by atoms with Crippen LogP contribution < -0.4 is 5.32 Å². The maximum Gasteiger partial charge on any atom is 0.322 e. The van der Waals surface area contributed by atoms with Crippen molar-refractivity contribution in [1.82, 2.24) is 15.5 Å². The van der Waals surface area contributed by atoms with Gasteiger partial charge in [0.2, 0.25) is 11.7 Å². The Morgan fingerprint density at radius 2 is 2.00 bits per heavy atom. The van der Waals surface area contributed by atoms with Crippen molar-refractivity contribution in [3.05, 3.63) is 35.7 Å². The minimum atomic E-state index is -3.16. The zero-order valence-corrected chi connectivity index (χ0v) is 13.3. The van der Waals surface area contributed by atoms with Gasteiger partial charge in [-0.3, -0.25) is 4.79 Å². The highest BCUT2D eigenvalue weighted by Crippen LogP contribution is 2.27. The van der Waals surface area contributed by atoms with Crippen LogP contribution in [0.2, 0.25) is 0 Å². The first-order valence-electron chi connectivity index (χ1n) is 7.40. The van der Waals surface area contributed by atoms with Gasteiger partial charge in [-0.25, -0.2) is 0 Å².